The summed E-state index contributed by atoms with van der Waals surface area (Å²) < 4.78 is 0. The first-order valence-corrected chi connectivity index (χ1v) is 6.15. The van der Waals surface area contributed by atoms with Crippen molar-refractivity contribution in [2.75, 3.05) is 0 Å². The van der Waals surface area contributed by atoms with E-state index in [1.54, 1.807) is 12.4 Å². The first-order chi connectivity index (χ1) is 9.34. The van der Waals surface area contributed by atoms with Crippen LogP contribution >= 0.6 is 0 Å². The van der Waals surface area contributed by atoms with Gasteiger partial charge in [-0.2, -0.15) is 5.11 Å². The van der Waals surface area contributed by atoms with E-state index in [1.807, 2.05) is 30.3 Å². The average Bonchev–Trinajstić information content (AvgIpc) is 2.64. The zero-order chi connectivity index (χ0) is 13.1. The Balaban J connectivity index is 2.02. The van der Waals surface area contributed by atoms with E-state index in [0.717, 1.165) is 16.9 Å². The number of pyridine rings is 1. The molecule has 0 N–H and O–H groups in total. The van der Waals surface area contributed by atoms with E-state index >= 15 is 0 Å². The number of rotatable bonds is 2. The van der Waals surface area contributed by atoms with Crippen LogP contribution in [0, 0.1) is 6.92 Å². The Morgan fingerprint density at radius 3 is 2.37 bits per heavy atom. The van der Waals surface area contributed by atoms with E-state index in [4.69, 9.17) is 0 Å². The van der Waals surface area contributed by atoms with Gasteiger partial charge >= 0.3 is 0 Å². The molecule has 2 aliphatic rings. The van der Waals surface area contributed by atoms with Crippen LogP contribution in [0.5, 0.6) is 0 Å². The number of hydrogen-bond acceptors (Lipinski definition) is 3. The summed E-state index contributed by atoms with van der Waals surface area (Å²) in [5.74, 6) is 0. The Labute approximate surface area is 112 Å². The maximum Gasteiger partial charge on any atom is 0.0938 e. The van der Waals surface area contributed by atoms with Gasteiger partial charge in [-0.1, -0.05) is 30.3 Å². The summed E-state index contributed by atoms with van der Waals surface area (Å²) in [5.41, 5.74) is 5.27. The van der Waals surface area contributed by atoms with E-state index in [9.17, 15) is 0 Å². The maximum atomic E-state index is 4.35. The molecule has 0 spiro atoms. The van der Waals surface area contributed by atoms with E-state index in [0.29, 0.717) is 0 Å². The van der Waals surface area contributed by atoms with Crippen molar-refractivity contribution < 1.29 is 0 Å². The maximum absolute atomic E-state index is 4.35. The van der Waals surface area contributed by atoms with Crippen LogP contribution in [0.25, 0.3) is 11.1 Å². The molecule has 19 heavy (non-hydrogen) atoms. The molecule has 2 aliphatic carbocycles. The molecule has 3 nitrogen and oxygen atoms in total. The van der Waals surface area contributed by atoms with Crippen LogP contribution in [0.1, 0.15) is 5.56 Å². The van der Waals surface area contributed by atoms with Crippen molar-refractivity contribution in [3.63, 3.8) is 0 Å². The van der Waals surface area contributed by atoms with Gasteiger partial charge in [0.05, 0.1) is 11.4 Å². The van der Waals surface area contributed by atoms with Gasteiger partial charge in [0, 0.05) is 18.0 Å². The van der Waals surface area contributed by atoms with Crippen molar-refractivity contribution in [1.82, 2.24) is 4.98 Å². The summed E-state index contributed by atoms with van der Waals surface area (Å²) in [6.07, 6.45) is 3.42. The minimum atomic E-state index is 0.808. The quantitative estimate of drug-likeness (QED) is 0.593. The standard InChI is InChI=1S/C16H13N3/c1-12-11-16(15-6-4-2-3-5-14(12)15)19-18-13-7-9-17-10-8-13/h2-11H,1H3. The molecule has 3 heteroatoms. The summed E-state index contributed by atoms with van der Waals surface area (Å²) >= 11 is 0. The third-order valence-electron chi connectivity index (χ3n) is 3.03. The second kappa shape index (κ2) is 4.98. The molecule has 0 amide bonds. The SMILES string of the molecule is Cc1cc(N=Nc2ccncc2)c2cccccc1-2. The highest BCUT2D eigenvalue weighted by Crippen LogP contribution is 2.37. The highest BCUT2D eigenvalue weighted by molar-refractivity contribution is 5.82. The van der Waals surface area contributed by atoms with Crippen LogP contribution in [0.4, 0.5) is 11.4 Å². The van der Waals surface area contributed by atoms with Gasteiger partial charge in [0.25, 0.3) is 0 Å². The topological polar surface area (TPSA) is 37.6 Å². The first-order valence-electron chi connectivity index (χ1n) is 6.15. The number of azo groups is 1. The lowest BCUT2D eigenvalue weighted by Crippen LogP contribution is -1.69. The average molecular weight is 247 g/mol. The Hall–Kier alpha value is -2.55. The van der Waals surface area contributed by atoms with Gasteiger partial charge in [0.2, 0.25) is 0 Å². The van der Waals surface area contributed by atoms with Crippen molar-refractivity contribution in [3.05, 3.63) is 66.5 Å². The molecular formula is C16H13N3. The number of aryl methyl sites for hydroxylation is 1. The minimum Gasteiger partial charge on any atom is -0.265 e. The summed E-state index contributed by atoms with van der Waals surface area (Å²) in [7, 11) is 0. The van der Waals surface area contributed by atoms with Gasteiger partial charge in [-0.25, -0.2) is 0 Å². The van der Waals surface area contributed by atoms with Crippen LogP contribution < -0.4 is 0 Å². The van der Waals surface area contributed by atoms with Crippen LogP contribution in [0.15, 0.2) is 71.2 Å². The molecule has 0 saturated heterocycles. The summed E-state index contributed by atoms with van der Waals surface area (Å²) in [5, 5.41) is 8.60. The largest absolute Gasteiger partial charge is 0.265 e. The highest BCUT2D eigenvalue weighted by atomic mass is 15.1. The highest BCUT2D eigenvalue weighted by Gasteiger charge is 2.11. The monoisotopic (exact) mass is 247 g/mol. The molecule has 1 aromatic rings. The first kappa shape index (κ1) is 11.5. The van der Waals surface area contributed by atoms with Crippen LogP contribution in [0.3, 0.4) is 0 Å². The van der Waals surface area contributed by atoms with Gasteiger partial charge in [0.15, 0.2) is 0 Å². The summed E-state index contributed by atoms with van der Waals surface area (Å²) in [6, 6.07) is 16.0. The Bertz CT molecular complexity index is 690. The number of hydrogen-bond donors (Lipinski definition) is 0. The van der Waals surface area contributed by atoms with E-state index in [1.165, 1.54) is 11.1 Å². The van der Waals surface area contributed by atoms with Gasteiger partial charge in [-0.3, -0.25) is 4.98 Å². The van der Waals surface area contributed by atoms with Gasteiger partial charge in [0.1, 0.15) is 0 Å². The van der Waals surface area contributed by atoms with Gasteiger partial charge in [-0.05, 0) is 36.2 Å². The second-order valence-corrected chi connectivity index (χ2v) is 4.36. The lowest BCUT2D eigenvalue weighted by molar-refractivity contribution is 1.21. The number of fused-ring (bicyclic) bond motifs is 1. The van der Waals surface area contributed by atoms with E-state index < -0.39 is 0 Å². The molecule has 0 aromatic carbocycles. The third kappa shape index (κ3) is 2.36. The fourth-order valence-electron chi connectivity index (χ4n) is 2.08. The molecule has 1 aromatic heterocycles. The number of aromatic nitrogens is 1. The minimum absolute atomic E-state index is 0.808. The lowest BCUT2D eigenvalue weighted by atomic mass is 10.1. The smallest absolute Gasteiger partial charge is 0.0938 e. The Kier molecular flexibility index (Phi) is 3.02. The van der Waals surface area contributed by atoms with Crippen molar-refractivity contribution in [3.8, 4) is 11.1 Å². The lowest BCUT2D eigenvalue weighted by Gasteiger charge is -1.95. The molecule has 1 heterocycles. The normalized spacial score (nSPS) is 11.2. The third-order valence-corrected chi connectivity index (χ3v) is 3.03. The molecule has 3 rings (SSSR count). The second-order valence-electron chi connectivity index (χ2n) is 4.36. The fraction of sp³-hybridized carbons (Fsp3) is 0.0625. The molecule has 0 saturated carbocycles. The predicted octanol–water partition coefficient (Wildman–Crippen LogP) is 4.91. The predicted molar refractivity (Wildman–Crippen MR) is 76.2 cm³/mol. The molecule has 0 bridgehead atoms. The van der Waals surface area contributed by atoms with Crippen LogP contribution in [-0.4, -0.2) is 4.98 Å². The van der Waals surface area contributed by atoms with Crippen molar-refractivity contribution in [1.29, 1.82) is 0 Å². The van der Waals surface area contributed by atoms with E-state index in [2.05, 4.69) is 40.3 Å². The zero-order valence-electron chi connectivity index (χ0n) is 10.6. The molecule has 0 atom stereocenters. The van der Waals surface area contributed by atoms with Crippen molar-refractivity contribution >= 4 is 11.4 Å². The summed E-state index contributed by atoms with van der Waals surface area (Å²) in [4.78, 5) is 3.96. The zero-order valence-corrected chi connectivity index (χ0v) is 10.6. The van der Waals surface area contributed by atoms with Crippen LogP contribution in [-0.2, 0) is 0 Å². The number of nitrogens with zero attached hydrogens (tertiary/aromatic N) is 3. The molecule has 92 valence electrons. The van der Waals surface area contributed by atoms with Gasteiger partial charge in [-0.15, -0.1) is 5.11 Å². The van der Waals surface area contributed by atoms with Crippen LogP contribution in [0.2, 0.25) is 0 Å². The van der Waals surface area contributed by atoms with E-state index in [-0.39, 0.29) is 0 Å². The Morgan fingerprint density at radius 2 is 1.58 bits per heavy atom. The fourth-order valence-corrected chi connectivity index (χ4v) is 2.08. The molecule has 0 unspecified atom stereocenters. The molecule has 0 fully saturated rings. The van der Waals surface area contributed by atoms with Crippen molar-refractivity contribution in [2.24, 2.45) is 10.2 Å². The molecular weight excluding hydrogens is 234 g/mol. The molecule has 0 radical (unpaired) electrons. The van der Waals surface area contributed by atoms with Crippen molar-refractivity contribution in [2.45, 2.75) is 6.92 Å². The molecule has 0 aliphatic heterocycles. The summed E-state index contributed by atoms with van der Waals surface area (Å²) in [6.45, 7) is 2.09. The Morgan fingerprint density at radius 1 is 0.842 bits per heavy atom. The van der Waals surface area contributed by atoms with Gasteiger partial charge < -0.3 is 0 Å².